The van der Waals surface area contributed by atoms with Crippen molar-refractivity contribution in [2.45, 2.75) is 33.1 Å². The van der Waals surface area contributed by atoms with Crippen LogP contribution in [0.15, 0.2) is 0 Å². The predicted octanol–water partition coefficient (Wildman–Crippen LogP) is 1.40. The molecule has 3 N–H and O–H groups in total. The topological polar surface area (TPSA) is 55.5 Å². The Bertz CT molecular complexity index is 133. The highest BCUT2D eigenvalue weighted by atomic mass is 16.5. The molecule has 3 heteroatoms. The van der Waals surface area contributed by atoms with E-state index in [0.717, 1.165) is 25.9 Å². The summed E-state index contributed by atoms with van der Waals surface area (Å²) in [7, 11) is 1.70. The summed E-state index contributed by atoms with van der Waals surface area (Å²) in [6.45, 7) is 5.82. The molecule has 0 fully saturated rings. The van der Waals surface area contributed by atoms with Gasteiger partial charge in [-0.1, -0.05) is 13.8 Å². The van der Waals surface area contributed by atoms with Crippen LogP contribution in [0, 0.1) is 11.3 Å². The molecule has 0 aliphatic heterocycles. The lowest BCUT2D eigenvalue weighted by Gasteiger charge is -2.32. The van der Waals surface area contributed by atoms with Crippen LogP contribution in [0.2, 0.25) is 0 Å². The fourth-order valence-electron chi connectivity index (χ4n) is 1.95. The Hall–Kier alpha value is -0.120. The number of methoxy groups -OCH3 is 1. The number of rotatable bonds is 8. The molecule has 1 unspecified atom stereocenters. The third-order valence-corrected chi connectivity index (χ3v) is 2.67. The molecule has 86 valence electrons. The SMILES string of the molecule is COCCCC(CN)(CO)CC(C)C. The molecule has 0 aromatic heterocycles. The summed E-state index contributed by atoms with van der Waals surface area (Å²) in [6.07, 6.45) is 2.91. The van der Waals surface area contributed by atoms with Crippen molar-refractivity contribution in [3.05, 3.63) is 0 Å². The molecule has 0 radical (unpaired) electrons. The molecule has 1 atom stereocenters. The molecule has 0 aromatic rings. The van der Waals surface area contributed by atoms with E-state index in [-0.39, 0.29) is 12.0 Å². The number of hydrogen-bond acceptors (Lipinski definition) is 3. The van der Waals surface area contributed by atoms with Crippen LogP contribution in [0.3, 0.4) is 0 Å². The van der Waals surface area contributed by atoms with Crippen LogP contribution in [0.4, 0.5) is 0 Å². The van der Waals surface area contributed by atoms with Crippen LogP contribution in [0.1, 0.15) is 33.1 Å². The summed E-state index contributed by atoms with van der Waals surface area (Å²) in [5, 5.41) is 9.40. The van der Waals surface area contributed by atoms with Gasteiger partial charge in [0.2, 0.25) is 0 Å². The van der Waals surface area contributed by atoms with E-state index >= 15 is 0 Å². The summed E-state index contributed by atoms with van der Waals surface area (Å²) in [4.78, 5) is 0. The van der Waals surface area contributed by atoms with Crippen molar-refractivity contribution in [2.24, 2.45) is 17.1 Å². The Morgan fingerprint density at radius 2 is 2.07 bits per heavy atom. The summed E-state index contributed by atoms with van der Waals surface area (Å²) < 4.78 is 5.01. The van der Waals surface area contributed by atoms with E-state index in [1.165, 1.54) is 0 Å². The van der Waals surface area contributed by atoms with Gasteiger partial charge in [-0.3, -0.25) is 0 Å². The van der Waals surface area contributed by atoms with E-state index in [9.17, 15) is 5.11 Å². The zero-order valence-electron chi connectivity index (χ0n) is 9.75. The molecular weight excluding hydrogens is 178 g/mol. The van der Waals surface area contributed by atoms with E-state index < -0.39 is 0 Å². The number of hydrogen-bond donors (Lipinski definition) is 2. The quantitative estimate of drug-likeness (QED) is 0.586. The normalized spacial score (nSPS) is 15.9. The fraction of sp³-hybridized carbons (Fsp3) is 1.00. The van der Waals surface area contributed by atoms with Crippen molar-refractivity contribution in [2.75, 3.05) is 26.9 Å². The second kappa shape index (κ2) is 7.21. The van der Waals surface area contributed by atoms with Crippen LogP contribution in [-0.2, 0) is 4.74 Å². The van der Waals surface area contributed by atoms with E-state index in [0.29, 0.717) is 12.5 Å². The standard InChI is InChI=1S/C11H25NO2/c1-10(2)7-11(8-12,9-13)5-4-6-14-3/h10,13H,4-9,12H2,1-3H3. The van der Waals surface area contributed by atoms with Crippen molar-refractivity contribution in [3.8, 4) is 0 Å². The van der Waals surface area contributed by atoms with Crippen LogP contribution in [0.25, 0.3) is 0 Å². The molecule has 0 aromatic carbocycles. The molecule has 3 nitrogen and oxygen atoms in total. The van der Waals surface area contributed by atoms with E-state index in [1.807, 2.05) is 0 Å². The molecule has 0 amide bonds. The van der Waals surface area contributed by atoms with E-state index in [1.54, 1.807) is 7.11 Å². The van der Waals surface area contributed by atoms with Gasteiger partial charge in [0.1, 0.15) is 0 Å². The first-order valence-electron chi connectivity index (χ1n) is 5.40. The van der Waals surface area contributed by atoms with Gasteiger partial charge in [-0.05, 0) is 25.2 Å². The van der Waals surface area contributed by atoms with Crippen LogP contribution < -0.4 is 5.73 Å². The molecule has 0 saturated heterocycles. The molecule has 0 aliphatic rings. The van der Waals surface area contributed by atoms with Gasteiger partial charge in [0.05, 0.1) is 0 Å². The summed E-state index contributed by atoms with van der Waals surface area (Å²) in [5.41, 5.74) is 5.66. The number of nitrogens with two attached hydrogens (primary N) is 1. The first-order valence-corrected chi connectivity index (χ1v) is 5.40. The van der Waals surface area contributed by atoms with Crippen molar-refractivity contribution in [1.29, 1.82) is 0 Å². The largest absolute Gasteiger partial charge is 0.396 e. The molecule has 0 bridgehead atoms. The zero-order chi connectivity index (χ0) is 11.0. The van der Waals surface area contributed by atoms with Gasteiger partial charge in [0.15, 0.2) is 0 Å². The van der Waals surface area contributed by atoms with Gasteiger partial charge in [-0.2, -0.15) is 0 Å². The van der Waals surface area contributed by atoms with Gasteiger partial charge in [0.25, 0.3) is 0 Å². The lowest BCUT2D eigenvalue weighted by atomic mass is 9.77. The molecule has 0 rings (SSSR count). The van der Waals surface area contributed by atoms with Crippen molar-refractivity contribution in [1.82, 2.24) is 0 Å². The Labute approximate surface area is 87.6 Å². The van der Waals surface area contributed by atoms with Crippen molar-refractivity contribution < 1.29 is 9.84 Å². The minimum atomic E-state index is -0.0906. The number of aliphatic hydroxyl groups is 1. The maximum absolute atomic E-state index is 9.40. The molecular formula is C11H25NO2. The first-order chi connectivity index (χ1) is 6.60. The summed E-state index contributed by atoms with van der Waals surface area (Å²) in [6, 6.07) is 0. The van der Waals surface area contributed by atoms with Gasteiger partial charge < -0.3 is 15.6 Å². The smallest absolute Gasteiger partial charge is 0.0499 e. The number of ether oxygens (including phenoxy) is 1. The Balaban J connectivity index is 4.07. The minimum absolute atomic E-state index is 0.0906. The highest BCUT2D eigenvalue weighted by Gasteiger charge is 2.28. The predicted molar refractivity (Wildman–Crippen MR) is 59.1 cm³/mol. The highest BCUT2D eigenvalue weighted by Crippen LogP contribution is 2.30. The second-order valence-electron chi connectivity index (χ2n) is 4.56. The van der Waals surface area contributed by atoms with Gasteiger partial charge in [0, 0.05) is 32.3 Å². The third-order valence-electron chi connectivity index (χ3n) is 2.67. The fourth-order valence-corrected chi connectivity index (χ4v) is 1.95. The van der Waals surface area contributed by atoms with E-state index in [2.05, 4.69) is 13.8 Å². The first kappa shape index (κ1) is 13.9. The zero-order valence-corrected chi connectivity index (χ0v) is 9.75. The summed E-state index contributed by atoms with van der Waals surface area (Å²) >= 11 is 0. The van der Waals surface area contributed by atoms with Crippen molar-refractivity contribution in [3.63, 3.8) is 0 Å². The van der Waals surface area contributed by atoms with Gasteiger partial charge in [-0.25, -0.2) is 0 Å². The maximum atomic E-state index is 9.40. The Kier molecular flexibility index (Phi) is 7.15. The van der Waals surface area contributed by atoms with Gasteiger partial charge >= 0.3 is 0 Å². The van der Waals surface area contributed by atoms with Crippen LogP contribution in [-0.4, -0.2) is 32.0 Å². The average Bonchev–Trinajstić information content (AvgIpc) is 2.16. The second-order valence-corrected chi connectivity index (χ2v) is 4.56. The Morgan fingerprint density at radius 3 is 2.43 bits per heavy atom. The Morgan fingerprint density at radius 1 is 1.43 bits per heavy atom. The summed E-state index contributed by atoms with van der Waals surface area (Å²) in [5.74, 6) is 0.577. The highest BCUT2D eigenvalue weighted by molar-refractivity contribution is 4.80. The lowest BCUT2D eigenvalue weighted by molar-refractivity contribution is 0.0843. The monoisotopic (exact) mass is 203 g/mol. The van der Waals surface area contributed by atoms with Crippen LogP contribution in [0.5, 0.6) is 0 Å². The number of aliphatic hydroxyl groups excluding tert-OH is 1. The van der Waals surface area contributed by atoms with Crippen LogP contribution >= 0.6 is 0 Å². The van der Waals surface area contributed by atoms with E-state index in [4.69, 9.17) is 10.5 Å². The minimum Gasteiger partial charge on any atom is -0.396 e. The lowest BCUT2D eigenvalue weighted by Crippen LogP contribution is -2.36. The molecule has 0 spiro atoms. The maximum Gasteiger partial charge on any atom is 0.0499 e. The van der Waals surface area contributed by atoms with Crippen molar-refractivity contribution >= 4 is 0 Å². The van der Waals surface area contributed by atoms with Gasteiger partial charge in [-0.15, -0.1) is 0 Å². The molecule has 14 heavy (non-hydrogen) atoms. The molecule has 0 heterocycles. The molecule has 0 saturated carbocycles. The third kappa shape index (κ3) is 4.94. The average molecular weight is 203 g/mol. The molecule has 0 aliphatic carbocycles.